The summed E-state index contributed by atoms with van der Waals surface area (Å²) in [7, 11) is 0. The molecule has 0 bridgehead atoms. The lowest BCUT2D eigenvalue weighted by atomic mass is 9.94. The van der Waals surface area contributed by atoms with E-state index < -0.39 is 0 Å². The molecule has 1 amide bonds. The van der Waals surface area contributed by atoms with Gasteiger partial charge in [0.25, 0.3) is 5.91 Å². The number of rotatable bonds is 5. The van der Waals surface area contributed by atoms with Crippen LogP contribution in [0, 0.1) is 0 Å². The zero-order valence-electron chi connectivity index (χ0n) is 15.8. The molecule has 0 spiro atoms. The molecular formula is C23H23NO3. The van der Waals surface area contributed by atoms with Crippen molar-refractivity contribution in [3.63, 3.8) is 0 Å². The molecule has 3 aromatic carbocycles. The van der Waals surface area contributed by atoms with Gasteiger partial charge in [-0.2, -0.15) is 0 Å². The van der Waals surface area contributed by atoms with Crippen LogP contribution in [0.4, 0.5) is 0 Å². The fourth-order valence-electron chi connectivity index (χ4n) is 3.01. The van der Waals surface area contributed by atoms with E-state index >= 15 is 0 Å². The van der Waals surface area contributed by atoms with Crippen LogP contribution in [-0.4, -0.2) is 24.5 Å². The summed E-state index contributed by atoms with van der Waals surface area (Å²) in [6.45, 7) is 5.99. The topological polar surface area (TPSA) is 55.4 Å². The number of fused-ring (bicyclic) bond motifs is 1. The molecule has 1 N–H and O–H groups in total. The molecule has 0 heterocycles. The van der Waals surface area contributed by atoms with Crippen LogP contribution in [0.15, 0.2) is 60.7 Å². The number of carbonyl (C=O) groups is 2. The van der Waals surface area contributed by atoms with Crippen LogP contribution in [0.5, 0.6) is 0 Å². The Morgan fingerprint density at radius 2 is 1.59 bits per heavy atom. The zero-order chi connectivity index (χ0) is 19.4. The molecule has 0 aliphatic heterocycles. The molecule has 0 atom stereocenters. The van der Waals surface area contributed by atoms with E-state index in [1.807, 2.05) is 62.4 Å². The third-order valence-corrected chi connectivity index (χ3v) is 4.26. The van der Waals surface area contributed by atoms with E-state index in [9.17, 15) is 9.59 Å². The molecule has 0 saturated carbocycles. The second-order valence-corrected chi connectivity index (χ2v) is 6.67. The first-order chi connectivity index (χ1) is 13.0. The van der Waals surface area contributed by atoms with Crippen LogP contribution < -0.4 is 5.32 Å². The van der Waals surface area contributed by atoms with Crippen molar-refractivity contribution < 1.29 is 14.3 Å². The number of benzene rings is 3. The minimum atomic E-state index is -0.347. The molecule has 3 aromatic rings. The summed E-state index contributed by atoms with van der Waals surface area (Å²) in [5.41, 5.74) is 2.82. The van der Waals surface area contributed by atoms with Crippen LogP contribution in [0.1, 0.15) is 41.5 Å². The standard InChI is InChI=1S/C23H23NO3/c1-4-27-23(26)17-11-9-16(10-12-17)20-13-18-7-5-6-8-19(18)14-21(20)22(25)24-15(2)3/h5-15H,4H2,1-3H3,(H,24,25). The summed E-state index contributed by atoms with van der Waals surface area (Å²) in [5, 5.41) is 5.04. The fourth-order valence-corrected chi connectivity index (χ4v) is 3.01. The molecule has 0 aliphatic carbocycles. The zero-order valence-corrected chi connectivity index (χ0v) is 15.8. The summed E-state index contributed by atoms with van der Waals surface area (Å²) < 4.78 is 5.03. The Kier molecular flexibility index (Phi) is 5.55. The Morgan fingerprint density at radius 3 is 2.19 bits per heavy atom. The highest BCUT2D eigenvalue weighted by Gasteiger charge is 2.16. The van der Waals surface area contributed by atoms with Crippen molar-refractivity contribution in [1.82, 2.24) is 5.32 Å². The van der Waals surface area contributed by atoms with Gasteiger partial charge in [-0.1, -0.05) is 36.4 Å². The average Bonchev–Trinajstić information content (AvgIpc) is 2.66. The number of hydrogen-bond acceptors (Lipinski definition) is 3. The maximum atomic E-state index is 12.8. The molecule has 4 nitrogen and oxygen atoms in total. The summed E-state index contributed by atoms with van der Waals surface area (Å²) >= 11 is 0. The quantitative estimate of drug-likeness (QED) is 0.663. The van der Waals surface area contributed by atoms with Crippen LogP contribution in [-0.2, 0) is 4.74 Å². The van der Waals surface area contributed by atoms with E-state index in [-0.39, 0.29) is 17.9 Å². The van der Waals surface area contributed by atoms with Gasteiger partial charge in [0.2, 0.25) is 0 Å². The van der Waals surface area contributed by atoms with Crippen LogP contribution >= 0.6 is 0 Å². The molecule has 27 heavy (non-hydrogen) atoms. The summed E-state index contributed by atoms with van der Waals surface area (Å²) in [6, 6.07) is 19.1. The van der Waals surface area contributed by atoms with Gasteiger partial charge in [-0.05, 0) is 66.9 Å². The fraction of sp³-hybridized carbons (Fsp3) is 0.217. The highest BCUT2D eigenvalue weighted by Crippen LogP contribution is 2.29. The molecule has 138 valence electrons. The van der Waals surface area contributed by atoms with Crippen molar-refractivity contribution in [2.75, 3.05) is 6.61 Å². The Labute approximate surface area is 159 Å². The predicted molar refractivity (Wildman–Crippen MR) is 108 cm³/mol. The Bertz CT molecular complexity index is 975. The minimum Gasteiger partial charge on any atom is -0.462 e. The molecular weight excluding hydrogens is 338 g/mol. The van der Waals surface area contributed by atoms with Gasteiger partial charge in [-0.3, -0.25) is 4.79 Å². The van der Waals surface area contributed by atoms with E-state index in [1.165, 1.54) is 0 Å². The number of carbonyl (C=O) groups excluding carboxylic acids is 2. The molecule has 4 heteroatoms. The van der Waals surface area contributed by atoms with Crippen molar-refractivity contribution in [2.45, 2.75) is 26.8 Å². The predicted octanol–water partition coefficient (Wildman–Crippen LogP) is 4.82. The number of amides is 1. The lowest BCUT2D eigenvalue weighted by molar-refractivity contribution is 0.0526. The number of esters is 1. The highest BCUT2D eigenvalue weighted by atomic mass is 16.5. The summed E-state index contributed by atoms with van der Waals surface area (Å²) in [4.78, 5) is 24.6. The van der Waals surface area contributed by atoms with Gasteiger partial charge in [0, 0.05) is 11.6 Å². The monoisotopic (exact) mass is 361 g/mol. The lowest BCUT2D eigenvalue weighted by Gasteiger charge is -2.14. The lowest BCUT2D eigenvalue weighted by Crippen LogP contribution is -2.30. The van der Waals surface area contributed by atoms with Crippen molar-refractivity contribution in [2.24, 2.45) is 0 Å². The van der Waals surface area contributed by atoms with Crippen molar-refractivity contribution in [3.05, 3.63) is 71.8 Å². The smallest absolute Gasteiger partial charge is 0.338 e. The van der Waals surface area contributed by atoms with Crippen LogP contribution in [0.25, 0.3) is 21.9 Å². The summed E-state index contributed by atoms with van der Waals surface area (Å²) in [5.74, 6) is -0.458. The Hall–Kier alpha value is -3.14. The van der Waals surface area contributed by atoms with Crippen LogP contribution in [0.3, 0.4) is 0 Å². The molecule has 0 saturated heterocycles. The first-order valence-corrected chi connectivity index (χ1v) is 9.10. The second kappa shape index (κ2) is 8.04. The van der Waals surface area contributed by atoms with Gasteiger partial charge in [-0.25, -0.2) is 4.79 Å². The van der Waals surface area contributed by atoms with E-state index in [1.54, 1.807) is 19.1 Å². The summed E-state index contributed by atoms with van der Waals surface area (Å²) in [6.07, 6.45) is 0. The highest BCUT2D eigenvalue weighted by molar-refractivity contribution is 6.05. The third kappa shape index (κ3) is 4.17. The van der Waals surface area contributed by atoms with Gasteiger partial charge >= 0.3 is 5.97 Å². The SMILES string of the molecule is CCOC(=O)c1ccc(-c2cc3ccccc3cc2C(=O)NC(C)C)cc1. The van der Waals surface area contributed by atoms with Crippen molar-refractivity contribution in [1.29, 1.82) is 0 Å². The number of ether oxygens (including phenoxy) is 1. The van der Waals surface area contributed by atoms with Gasteiger partial charge in [-0.15, -0.1) is 0 Å². The molecule has 0 aromatic heterocycles. The average molecular weight is 361 g/mol. The normalized spacial score (nSPS) is 10.8. The van der Waals surface area contributed by atoms with E-state index in [0.717, 1.165) is 21.9 Å². The van der Waals surface area contributed by atoms with E-state index in [4.69, 9.17) is 4.74 Å². The van der Waals surface area contributed by atoms with Crippen LogP contribution in [0.2, 0.25) is 0 Å². The molecule has 3 rings (SSSR count). The first-order valence-electron chi connectivity index (χ1n) is 9.10. The molecule has 0 fully saturated rings. The molecule has 0 unspecified atom stereocenters. The van der Waals surface area contributed by atoms with Crippen molar-refractivity contribution >= 4 is 22.6 Å². The maximum Gasteiger partial charge on any atom is 0.338 e. The van der Waals surface area contributed by atoms with Crippen molar-refractivity contribution in [3.8, 4) is 11.1 Å². The largest absolute Gasteiger partial charge is 0.462 e. The molecule has 0 radical (unpaired) electrons. The Morgan fingerprint density at radius 1 is 0.963 bits per heavy atom. The number of hydrogen-bond donors (Lipinski definition) is 1. The van der Waals surface area contributed by atoms with Gasteiger partial charge in [0.1, 0.15) is 0 Å². The maximum absolute atomic E-state index is 12.8. The Balaban J connectivity index is 2.08. The van der Waals surface area contributed by atoms with E-state index in [0.29, 0.717) is 17.7 Å². The minimum absolute atomic E-state index is 0.0445. The third-order valence-electron chi connectivity index (χ3n) is 4.26. The number of nitrogens with one attached hydrogen (secondary N) is 1. The van der Waals surface area contributed by atoms with Gasteiger partial charge in [0.05, 0.1) is 12.2 Å². The van der Waals surface area contributed by atoms with Gasteiger partial charge in [0.15, 0.2) is 0 Å². The molecule has 0 aliphatic rings. The van der Waals surface area contributed by atoms with Gasteiger partial charge < -0.3 is 10.1 Å². The van der Waals surface area contributed by atoms with E-state index in [2.05, 4.69) is 5.32 Å². The second-order valence-electron chi connectivity index (χ2n) is 6.67. The first kappa shape index (κ1) is 18.6.